The third-order valence-electron chi connectivity index (χ3n) is 1.95. The van der Waals surface area contributed by atoms with Crippen LogP contribution in [0.4, 0.5) is 0 Å². The summed E-state index contributed by atoms with van der Waals surface area (Å²) < 4.78 is 7.08. The minimum Gasteiger partial charge on any atom is -0.489 e. The standard InChI is InChI=1S/C10H11IOS/c1-13-10-8(11)3-2-4-9(10)12-7-5-6-7/h2-4,7H,5-6H2,1H3. The zero-order valence-electron chi connectivity index (χ0n) is 7.42. The predicted molar refractivity (Wildman–Crippen MR) is 64.6 cm³/mol. The molecule has 3 heteroatoms. The molecule has 1 saturated carbocycles. The SMILES string of the molecule is CSc1c(I)cccc1OC1CC1. The normalized spacial score (nSPS) is 15.8. The Kier molecular flexibility index (Phi) is 3.03. The lowest BCUT2D eigenvalue weighted by Crippen LogP contribution is -1.97. The Balaban J connectivity index is 2.25. The van der Waals surface area contributed by atoms with E-state index in [1.54, 1.807) is 11.8 Å². The number of hydrogen-bond donors (Lipinski definition) is 0. The summed E-state index contributed by atoms with van der Waals surface area (Å²) >= 11 is 4.11. The average Bonchev–Trinajstić information content (AvgIpc) is 2.89. The van der Waals surface area contributed by atoms with E-state index in [4.69, 9.17) is 4.74 Å². The maximum atomic E-state index is 5.80. The van der Waals surface area contributed by atoms with E-state index >= 15 is 0 Å². The zero-order chi connectivity index (χ0) is 9.26. The Morgan fingerprint density at radius 3 is 2.85 bits per heavy atom. The molecule has 0 N–H and O–H groups in total. The van der Waals surface area contributed by atoms with E-state index < -0.39 is 0 Å². The van der Waals surface area contributed by atoms with E-state index in [1.807, 2.05) is 0 Å². The number of benzene rings is 1. The lowest BCUT2D eigenvalue weighted by molar-refractivity contribution is 0.295. The van der Waals surface area contributed by atoms with Crippen LogP contribution in [0.5, 0.6) is 5.75 Å². The molecule has 13 heavy (non-hydrogen) atoms. The lowest BCUT2D eigenvalue weighted by atomic mass is 10.3. The van der Waals surface area contributed by atoms with Crippen LogP contribution in [-0.2, 0) is 0 Å². The molecule has 0 unspecified atom stereocenters. The van der Waals surface area contributed by atoms with E-state index in [1.165, 1.54) is 21.3 Å². The van der Waals surface area contributed by atoms with Crippen molar-refractivity contribution in [2.75, 3.05) is 6.26 Å². The molecule has 1 fully saturated rings. The molecule has 70 valence electrons. The molecule has 0 bridgehead atoms. The molecule has 0 atom stereocenters. The van der Waals surface area contributed by atoms with Gasteiger partial charge < -0.3 is 4.74 Å². The third-order valence-corrected chi connectivity index (χ3v) is 4.05. The largest absolute Gasteiger partial charge is 0.489 e. The van der Waals surface area contributed by atoms with Gasteiger partial charge in [-0.2, -0.15) is 0 Å². The van der Waals surface area contributed by atoms with Gasteiger partial charge >= 0.3 is 0 Å². The molecule has 2 rings (SSSR count). The fourth-order valence-electron chi connectivity index (χ4n) is 1.15. The maximum Gasteiger partial charge on any atom is 0.134 e. The van der Waals surface area contributed by atoms with Crippen LogP contribution in [0.3, 0.4) is 0 Å². The van der Waals surface area contributed by atoms with Crippen LogP contribution in [0.1, 0.15) is 12.8 Å². The van der Waals surface area contributed by atoms with Crippen LogP contribution in [-0.4, -0.2) is 12.4 Å². The van der Waals surface area contributed by atoms with E-state index in [2.05, 4.69) is 47.0 Å². The zero-order valence-corrected chi connectivity index (χ0v) is 10.4. The van der Waals surface area contributed by atoms with Crippen LogP contribution >= 0.6 is 34.4 Å². The highest BCUT2D eigenvalue weighted by Gasteiger charge is 2.24. The Morgan fingerprint density at radius 1 is 1.46 bits per heavy atom. The average molecular weight is 306 g/mol. The number of ether oxygens (including phenoxy) is 1. The third kappa shape index (κ3) is 2.31. The van der Waals surface area contributed by atoms with Gasteiger partial charge in [0.25, 0.3) is 0 Å². The highest BCUT2D eigenvalue weighted by molar-refractivity contribution is 14.1. The molecule has 0 spiro atoms. The van der Waals surface area contributed by atoms with Gasteiger partial charge in [-0.05, 0) is 53.8 Å². The fraction of sp³-hybridized carbons (Fsp3) is 0.400. The molecule has 0 heterocycles. The highest BCUT2D eigenvalue weighted by atomic mass is 127. The van der Waals surface area contributed by atoms with Crippen LogP contribution in [0.25, 0.3) is 0 Å². The molecule has 0 aromatic heterocycles. The van der Waals surface area contributed by atoms with Crippen molar-refractivity contribution in [2.45, 2.75) is 23.8 Å². The van der Waals surface area contributed by atoms with Gasteiger partial charge in [-0.25, -0.2) is 0 Å². The monoisotopic (exact) mass is 306 g/mol. The van der Waals surface area contributed by atoms with Gasteiger partial charge in [-0.1, -0.05) is 6.07 Å². The topological polar surface area (TPSA) is 9.23 Å². The minimum absolute atomic E-state index is 0.490. The second-order valence-electron chi connectivity index (χ2n) is 3.09. The molecular formula is C10H11IOS. The van der Waals surface area contributed by atoms with Gasteiger partial charge in [0.15, 0.2) is 0 Å². The molecule has 1 aromatic carbocycles. The lowest BCUT2D eigenvalue weighted by Gasteiger charge is -2.09. The Morgan fingerprint density at radius 2 is 2.23 bits per heavy atom. The predicted octanol–water partition coefficient (Wildman–Crippen LogP) is 3.55. The first-order valence-electron chi connectivity index (χ1n) is 4.30. The second-order valence-corrected chi connectivity index (χ2v) is 5.07. The van der Waals surface area contributed by atoms with E-state index in [9.17, 15) is 0 Å². The van der Waals surface area contributed by atoms with Gasteiger partial charge in [-0.3, -0.25) is 0 Å². The molecular weight excluding hydrogens is 295 g/mol. The first-order chi connectivity index (χ1) is 6.31. The molecule has 1 aromatic rings. The maximum absolute atomic E-state index is 5.80. The van der Waals surface area contributed by atoms with Crippen molar-refractivity contribution < 1.29 is 4.74 Å². The Bertz CT molecular complexity index is 310. The van der Waals surface area contributed by atoms with Crippen LogP contribution in [0.2, 0.25) is 0 Å². The van der Waals surface area contributed by atoms with Crippen LogP contribution < -0.4 is 4.74 Å². The van der Waals surface area contributed by atoms with Gasteiger partial charge in [0, 0.05) is 3.57 Å². The number of halogens is 1. The fourth-order valence-corrected chi connectivity index (χ4v) is 2.86. The summed E-state index contributed by atoms with van der Waals surface area (Å²) in [7, 11) is 0. The number of thioether (sulfide) groups is 1. The quantitative estimate of drug-likeness (QED) is 0.624. The summed E-state index contributed by atoms with van der Waals surface area (Å²) in [6.07, 6.45) is 5.03. The molecule has 0 amide bonds. The molecule has 1 aliphatic carbocycles. The van der Waals surface area contributed by atoms with Crippen molar-refractivity contribution in [3.63, 3.8) is 0 Å². The van der Waals surface area contributed by atoms with Crippen molar-refractivity contribution in [1.82, 2.24) is 0 Å². The van der Waals surface area contributed by atoms with Gasteiger partial charge in [0.05, 0.1) is 11.0 Å². The van der Waals surface area contributed by atoms with Crippen molar-refractivity contribution >= 4 is 34.4 Å². The summed E-state index contributed by atoms with van der Waals surface area (Å²) in [6, 6.07) is 6.23. The van der Waals surface area contributed by atoms with Gasteiger partial charge in [0.2, 0.25) is 0 Å². The van der Waals surface area contributed by atoms with Crippen LogP contribution in [0, 0.1) is 3.57 Å². The second kappa shape index (κ2) is 4.09. The van der Waals surface area contributed by atoms with Gasteiger partial charge in [-0.15, -0.1) is 11.8 Å². The summed E-state index contributed by atoms with van der Waals surface area (Å²) in [5.41, 5.74) is 0. The summed E-state index contributed by atoms with van der Waals surface area (Å²) in [6.45, 7) is 0. The molecule has 1 nitrogen and oxygen atoms in total. The molecule has 0 radical (unpaired) electrons. The van der Waals surface area contributed by atoms with Crippen molar-refractivity contribution in [3.8, 4) is 5.75 Å². The van der Waals surface area contributed by atoms with Crippen LogP contribution in [0.15, 0.2) is 23.1 Å². The smallest absolute Gasteiger partial charge is 0.134 e. The summed E-state index contributed by atoms with van der Waals surface area (Å²) in [5, 5.41) is 0. The van der Waals surface area contributed by atoms with Crippen molar-refractivity contribution in [1.29, 1.82) is 0 Å². The first-order valence-corrected chi connectivity index (χ1v) is 6.61. The Hall–Kier alpha value is 0.1000. The number of rotatable bonds is 3. The van der Waals surface area contributed by atoms with Crippen molar-refractivity contribution in [2.24, 2.45) is 0 Å². The minimum atomic E-state index is 0.490. The van der Waals surface area contributed by atoms with Crippen molar-refractivity contribution in [3.05, 3.63) is 21.8 Å². The highest BCUT2D eigenvalue weighted by Crippen LogP contribution is 2.36. The van der Waals surface area contributed by atoms with E-state index in [-0.39, 0.29) is 0 Å². The van der Waals surface area contributed by atoms with Gasteiger partial charge in [0.1, 0.15) is 5.75 Å². The number of hydrogen-bond acceptors (Lipinski definition) is 2. The molecule has 1 aliphatic rings. The van der Waals surface area contributed by atoms with E-state index in [0.717, 1.165) is 5.75 Å². The molecule has 0 aliphatic heterocycles. The first kappa shape index (κ1) is 9.65. The van der Waals surface area contributed by atoms with E-state index in [0.29, 0.717) is 6.10 Å². The molecule has 0 saturated heterocycles. The summed E-state index contributed by atoms with van der Waals surface area (Å²) in [4.78, 5) is 1.27. The summed E-state index contributed by atoms with van der Waals surface area (Å²) in [5.74, 6) is 1.06. The Labute approximate surface area is 96.4 Å².